The summed E-state index contributed by atoms with van der Waals surface area (Å²) in [7, 11) is 0. The van der Waals surface area contributed by atoms with Crippen LogP contribution in [0.4, 0.5) is 0 Å². The molecule has 0 radical (unpaired) electrons. The average molecular weight is 429 g/mol. The molecule has 3 rings (SSSR count). The Balaban J connectivity index is 1.53. The normalized spacial score (nSPS) is 10.7. The van der Waals surface area contributed by atoms with Gasteiger partial charge in [0.05, 0.1) is 11.2 Å². The lowest BCUT2D eigenvalue weighted by molar-refractivity contribution is -0.123. The fraction of sp³-hybridized carbons (Fsp3) is 0.0909. The first-order valence-corrected chi connectivity index (χ1v) is 9.53. The molecule has 0 bridgehead atoms. The first-order chi connectivity index (χ1) is 14.1. The van der Waals surface area contributed by atoms with Crippen LogP contribution in [0.1, 0.15) is 11.1 Å². The number of nitrogens with one attached hydrogen (secondary N) is 1. The number of nitrogens with zero attached hydrogens (tertiary/aromatic N) is 1. The average Bonchev–Trinajstić information content (AvgIpc) is 2.74. The van der Waals surface area contributed by atoms with Gasteiger partial charge in [0.25, 0.3) is 5.91 Å². The monoisotopic (exact) mass is 428 g/mol. The van der Waals surface area contributed by atoms with Crippen LogP contribution in [0.15, 0.2) is 77.9 Å². The molecule has 0 aliphatic rings. The van der Waals surface area contributed by atoms with Crippen molar-refractivity contribution in [2.75, 3.05) is 6.61 Å². The number of amides is 1. The van der Waals surface area contributed by atoms with Crippen LogP contribution in [-0.4, -0.2) is 18.7 Å². The van der Waals surface area contributed by atoms with E-state index in [2.05, 4.69) is 10.5 Å². The molecule has 0 saturated carbocycles. The number of benzene rings is 3. The van der Waals surface area contributed by atoms with E-state index in [1.54, 1.807) is 18.2 Å². The molecular weight excluding hydrogens is 411 g/mol. The molecule has 0 aliphatic heterocycles. The van der Waals surface area contributed by atoms with Crippen LogP contribution in [0, 0.1) is 0 Å². The van der Waals surface area contributed by atoms with Gasteiger partial charge in [-0.15, -0.1) is 0 Å². The number of para-hydroxylation sites is 1. The van der Waals surface area contributed by atoms with Crippen LogP contribution in [-0.2, 0) is 11.4 Å². The summed E-state index contributed by atoms with van der Waals surface area (Å²) in [6.45, 7) is 0.190. The number of hydrogen-bond acceptors (Lipinski definition) is 4. The van der Waals surface area contributed by atoms with Crippen molar-refractivity contribution in [2.45, 2.75) is 6.61 Å². The zero-order valence-electron chi connectivity index (χ0n) is 15.3. The van der Waals surface area contributed by atoms with Crippen LogP contribution < -0.4 is 14.9 Å². The van der Waals surface area contributed by atoms with Gasteiger partial charge in [-0.3, -0.25) is 4.79 Å². The summed E-state index contributed by atoms with van der Waals surface area (Å²) in [5.74, 6) is 0.564. The third-order valence-electron chi connectivity index (χ3n) is 3.80. The lowest BCUT2D eigenvalue weighted by Gasteiger charge is -2.09. The third-order valence-corrected chi connectivity index (χ3v) is 4.35. The van der Waals surface area contributed by atoms with Crippen LogP contribution >= 0.6 is 23.2 Å². The predicted octanol–water partition coefficient (Wildman–Crippen LogP) is 5.10. The Hall–Kier alpha value is -3.02. The highest BCUT2D eigenvalue weighted by Gasteiger charge is 2.06. The highest BCUT2D eigenvalue weighted by molar-refractivity contribution is 6.34. The SMILES string of the molecule is O=C(COc1cc(Cl)ccc1Cl)N/N=C/c1ccccc1OCc1ccccc1. The lowest BCUT2D eigenvalue weighted by Crippen LogP contribution is -2.24. The van der Waals surface area contributed by atoms with Gasteiger partial charge in [0.2, 0.25) is 0 Å². The largest absolute Gasteiger partial charge is 0.488 e. The molecule has 0 aromatic heterocycles. The Morgan fingerprint density at radius 2 is 1.69 bits per heavy atom. The highest BCUT2D eigenvalue weighted by Crippen LogP contribution is 2.27. The lowest BCUT2D eigenvalue weighted by atomic mass is 10.2. The van der Waals surface area contributed by atoms with Gasteiger partial charge < -0.3 is 9.47 Å². The van der Waals surface area contributed by atoms with Gasteiger partial charge in [0.1, 0.15) is 18.1 Å². The smallest absolute Gasteiger partial charge is 0.277 e. The van der Waals surface area contributed by atoms with E-state index in [0.717, 1.165) is 11.1 Å². The minimum absolute atomic E-state index is 0.246. The fourth-order valence-corrected chi connectivity index (χ4v) is 2.73. The predicted molar refractivity (Wildman–Crippen MR) is 115 cm³/mol. The molecular formula is C22H18Cl2N2O3. The molecule has 0 spiro atoms. The van der Waals surface area contributed by atoms with Gasteiger partial charge in [-0.1, -0.05) is 65.7 Å². The van der Waals surface area contributed by atoms with E-state index in [0.29, 0.717) is 28.2 Å². The van der Waals surface area contributed by atoms with E-state index in [1.165, 1.54) is 6.21 Å². The number of halogens is 2. The minimum atomic E-state index is -0.431. The van der Waals surface area contributed by atoms with Crippen molar-refractivity contribution in [3.63, 3.8) is 0 Å². The highest BCUT2D eigenvalue weighted by atomic mass is 35.5. The van der Waals surface area contributed by atoms with Crippen LogP contribution in [0.3, 0.4) is 0 Å². The Morgan fingerprint density at radius 1 is 0.931 bits per heavy atom. The molecule has 0 fully saturated rings. The van der Waals surface area contributed by atoms with Crippen LogP contribution in [0.25, 0.3) is 0 Å². The number of hydrogen-bond donors (Lipinski definition) is 1. The summed E-state index contributed by atoms with van der Waals surface area (Å²) in [5, 5.41) is 4.80. The molecule has 0 aliphatic carbocycles. The van der Waals surface area contributed by atoms with E-state index >= 15 is 0 Å². The van der Waals surface area contributed by atoms with Crippen molar-refractivity contribution in [3.05, 3.63) is 94.0 Å². The van der Waals surface area contributed by atoms with Gasteiger partial charge in [0, 0.05) is 16.7 Å². The topological polar surface area (TPSA) is 59.9 Å². The molecule has 0 saturated heterocycles. The number of carbonyl (C=O) groups excluding carboxylic acids is 1. The molecule has 3 aromatic carbocycles. The van der Waals surface area contributed by atoms with Crippen molar-refractivity contribution < 1.29 is 14.3 Å². The van der Waals surface area contributed by atoms with Crippen molar-refractivity contribution >= 4 is 35.3 Å². The number of ether oxygens (including phenoxy) is 2. The molecule has 7 heteroatoms. The van der Waals surface area contributed by atoms with E-state index in [-0.39, 0.29) is 6.61 Å². The molecule has 0 unspecified atom stereocenters. The van der Waals surface area contributed by atoms with Gasteiger partial charge in [-0.25, -0.2) is 5.43 Å². The Morgan fingerprint density at radius 3 is 2.52 bits per heavy atom. The van der Waals surface area contributed by atoms with Crippen LogP contribution in [0.2, 0.25) is 10.0 Å². The van der Waals surface area contributed by atoms with Crippen molar-refractivity contribution in [1.82, 2.24) is 5.43 Å². The van der Waals surface area contributed by atoms with E-state index < -0.39 is 5.91 Å². The van der Waals surface area contributed by atoms with Gasteiger partial charge >= 0.3 is 0 Å². The Kier molecular flexibility index (Phi) is 7.50. The van der Waals surface area contributed by atoms with Crippen molar-refractivity contribution in [3.8, 4) is 11.5 Å². The Labute approximate surface area is 178 Å². The first-order valence-electron chi connectivity index (χ1n) is 8.77. The third kappa shape index (κ3) is 6.52. The summed E-state index contributed by atoms with van der Waals surface area (Å²) in [4.78, 5) is 11.9. The summed E-state index contributed by atoms with van der Waals surface area (Å²) >= 11 is 11.9. The molecule has 148 valence electrons. The number of hydrazone groups is 1. The summed E-state index contributed by atoms with van der Waals surface area (Å²) in [6, 6.07) is 22.1. The Bertz CT molecular complexity index is 994. The molecule has 29 heavy (non-hydrogen) atoms. The summed E-state index contributed by atoms with van der Waals surface area (Å²) in [5.41, 5.74) is 4.21. The van der Waals surface area contributed by atoms with Gasteiger partial charge in [-0.2, -0.15) is 5.10 Å². The van der Waals surface area contributed by atoms with Gasteiger partial charge in [0.15, 0.2) is 6.61 Å². The maximum absolute atomic E-state index is 11.9. The van der Waals surface area contributed by atoms with Gasteiger partial charge in [-0.05, 0) is 29.8 Å². The summed E-state index contributed by atoms with van der Waals surface area (Å²) < 4.78 is 11.2. The fourth-order valence-electron chi connectivity index (χ4n) is 2.39. The maximum atomic E-state index is 11.9. The van der Waals surface area contributed by atoms with Crippen LogP contribution in [0.5, 0.6) is 11.5 Å². The second-order valence-electron chi connectivity index (χ2n) is 5.97. The molecule has 1 N–H and O–H groups in total. The van der Waals surface area contributed by atoms with E-state index in [4.69, 9.17) is 32.7 Å². The van der Waals surface area contributed by atoms with E-state index in [1.807, 2.05) is 54.6 Å². The molecule has 1 amide bonds. The number of rotatable bonds is 8. The van der Waals surface area contributed by atoms with E-state index in [9.17, 15) is 4.79 Å². The zero-order chi connectivity index (χ0) is 20.5. The second-order valence-corrected chi connectivity index (χ2v) is 6.81. The quantitative estimate of drug-likeness (QED) is 0.400. The molecule has 0 heterocycles. The minimum Gasteiger partial charge on any atom is -0.488 e. The maximum Gasteiger partial charge on any atom is 0.277 e. The molecule has 5 nitrogen and oxygen atoms in total. The van der Waals surface area contributed by atoms with Crippen molar-refractivity contribution in [1.29, 1.82) is 0 Å². The molecule has 3 aromatic rings. The number of carbonyl (C=O) groups is 1. The summed E-state index contributed by atoms with van der Waals surface area (Å²) in [6.07, 6.45) is 1.52. The first kappa shape index (κ1) is 20.7. The second kappa shape index (κ2) is 10.5. The standard InChI is InChI=1S/C22H18Cl2N2O3/c23-18-10-11-19(24)21(12-18)29-15-22(27)26-25-13-17-8-4-5-9-20(17)28-14-16-6-2-1-3-7-16/h1-13H,14-15H2,(H,26,27)/b25-13+. The van der Waals surface area contributed by atoms with Crippen molar-refractivity contribution in [2.24, 2.45) is 5.10 Å². The molecule has 0 atom stereocenters. The zero-order valence-corrected chi connectivity index (χ0v) is 16.9.